The molecule has 1 aliphatic carbocycles. The molecule has 1 aromatic carbocycles. The van der Waals surface area contributed by atoms with Gasteiger partial charge in [-0.25, -0.2) is 9.18 Å². The van der Waals surface area contributed by atoms with Gasteiger partial charge in [-0.2, -0.15) is 0 Å². The molecule has 3 N–H and O–H groups in total. The summed E-state index contributed by atoms with van der Waals surface area (Å²) in [6.45, 7) is 0.162. The lowest BCUT2D eigenvalue weighted by atomic mass is 9.93. The fourth-order valence-electron chi connectivity index (χ4n) is 2.56. The molecule has 0 radical (unpaired) electrons. The van der Waals surface area contributed by atoms with E-state index in [9.17, 15) is 14.3 Å². The minimum atomic E-state index is -0.492. The molecule has 0 aliphatic heterocycles. The molecule has 0 unspecified atom stereocenters. The molecule has 0 heterocycles. The average Bonchev–Trinajstić information content (AvgIpc) is 2.48. The van der Waals surface area contributed by atoms with E-state index < -0.39 is 6.10 Å². The molecule has 0 aromatic heterocycles. The zero-order chi connectivity index (χ0) is 15.2. The van der Waals surface area contributed by atoms with Crippen LogP contribution in [0.2, 0.25) is 0 Å². The first-order valence-electron chi connectivity index (χ1n) is 7.15. The molecule has 5 nitrogen and oxygen atoms in total. The maximum atomic E-state index is 13.2. The Morgan fingerprint density at radius 2 is 2.19 bits per heavy atom. The number of carbonyl (C=O) groups is 1. The van der Waals surface area contributed by atoms with Gasteiger partial charge < -0.3 is 20.5 Å². The molecular formula is C15H21FN2O3. The molecule has 6 heteroatoms. The van der Waals surface area contributed by atoms with Crippen LogP contribution < -0.4 is 15.4 Å². The molecule has 0 spiro atoms. The van der Waals surface area contributed by atoms with Gasteiger partial charge in [-0.3, -0.25) is 0 Å². The number of benzene rings is 1. The Morgan fingerprint density at radius 3 is 2.90 bits per heavy atom. The van der Waals surface area contributed by atoms with E-state index in [0.29, 0.717) is 17.7 Å². The van der Waals surface area contributed by atoms with Crippen LogP contribution >= 0.6 is 0 Å². The molecule has 1 fully saturated rings. The molecular weight excluding hydrogens is 275 g/mol. The van der Waals surface area contributed by atoms with Gasteiger partial charge in [0.25, 0.3) is 0 Å². The van der Waals surface area contributed by atoms with Gasteiger partial charge in [0, 0.05) is 12.1 Å². The number of nitrogens with one attached hydrogen (secondary N) is 2. The number of hydrogen-bond donors (Lipinski definition) is 3. The average molecular weight is 296 g/mol. The molecule has 2 amide bonds. The Hall–Kier alpha value is -1.82. The highest BCUT2D eigenvalue weighted by molar-refractivity contribution is 5.74. The van der Waals surface area contributed by atoms with Crippen LogP contribution in [-0.4, -0.2) is 30.4 Å². The van der Waals surface area contributed by atoms with Crippen LogP contribution in [0.4, 0.5) is 9.18 Å². The highest BCUT2D eigenvalue weighted by atomic mass is 19.1. The van der Waals surface area contributed by atoms with E-state index in [1.165, 1.54) is 25.3 Å². The maximum Gasteiger partial charge on any atom is 0.315 e. The van der Waals surface area contributed by atoms with Crippen molar-refractivity contribution >= 4 is 6.03 Å². The van der Waals surface area contributed by atoms with Crippen molar-refractivity contribution in [2.24, 2.45) is 0 Å². The summed E-state index contributed by atoms with van der Waals surface area (Å²) >= 11 is 0. The first kappa shape index (κ1) is 15.6. The second-order valence-corrected chi connectivity index (χ2v) is 5.24. The van der Waals surface area contributed by atoms with E-state index in [-0.39, 0.29) is 24.4 Å². The van der Waals surface area contributed by atoms with Crippen molar-refractivity contribution in [1.29, 1.82) is 0 Å². The summed E-state index contributed by atoms with van der Waals surface area (Å²) in [5.74, 6) is 0.144. The van der Waals surface area contributed by atoms with Crippen LogP contribution in [0.5, 0.6) is 5.75 Å². The third kappa shape index (κ3) is 4.32. The van der Waals surface area contributed by atoms with Crippen molar-refractivity contribution in [2.45, 2.75) is 44.4 Å². The van der Waals surface area contributed by atoms with Crippen molar-refractivity contribution in [1.82, 2.24) is 10.6 Å². The second kappa shape index (κ2) is 7.26. The zero-order valence-electron chi connectivity index (χ0n) is 12.1. The van der Waals surface area contributed by atoms with Crippen LogP contribution in [-0.2, 0) is 6.54 Å². The summed E-state index contributed by atoms with van der Waals surface area (Å²) < 4.78 is 18.3. The smallest absolute Gasteiger partial charge is 0.315 e. The Bertz CT molecular complexity index is 496. The number of rotatable bonds is 4. The summed E-state index contributed by atoms with van der Waals surface area (Å²) in [6.07, 6.45) is 2.98. The van der Waals surface area contributed by atoms with Crippen molar-refractivity contribution in [3.63, 3.8) is 0 Å². The first-order chi connectivity index (χ1) is 10.1. The molecule has 2 atom stereocenters. The third-order valence-electron chi connectivity index (χ3n) is 3.73. The third-order valence-corrected chi connectivity index (χ3v) is 3.73. The highest BCUT2D eigenvalue weighted by Crippen LogP contribution is 2.20. The van der Waals surface area contributed by atoms with Gasteiger partial charge in [-0.1, -0.05) is 12.8 Å². The lowest BCUT2D eigenvalue weighted by Crippen LogP contribution is -2.48. The van der Waals surface area contributed by atoms with Gasteiger partial charge in [0.1, 0.15) is 11.6 Å². The van der Waals surface area contributed by atoms with E-state index in [0.717, 1.165) is 19.3 Å². The van der Waals surface area contributed by atoms with Crippen LogP contribution in [0.3, 0.4) is 0 Å². The highest BCUT2D eigenvalue weighted by Gasteiger charge is 2.24. The SMILES string of the molecule is COc1ccc(F)cc1CNC(=O)N[C@H]1CCCC[C@@H]1O. The Kier molecular flexibility index (Phi) is 5.38. The molecule has 0 bridgehead atoms. The summed E-state index contributed by atoms with van der Waals surface area (Å²) in [7, 11) is 1.50. The largest absolute Gasteiger partial charge is 0.496 e. The number of urea groups is 1. The molecule has 1 aliphatic rings. The maximum absolute atomic E-state index is 13.2. The van der Waals surface area contributed by atoms with Gasteiger partial charge in [0.05, 0.1) is 19.3 Å². The number of carbonyl (C=O) groups excluding carboxylic acids is 1. The summed E-state index contributed by atoms with van der Waals surface area (Å²) in [5, 5.41) is 15.2. The van der Waals surface area contributed by atoms with Gasteiger partial charge >= 0.3 is 6.03 Å². The van der Waals surface area contributed by atoms with Gasteiger partial charge in [-0.15, -0.1) is 0 Å². The molecule has 0 saturated heterocycles. The predicted molar refractivity (Wildman–Crippen MR) is 76.6 cm³/mol. The zero-order valence-corrected chi connectivity index (χ0v) is 12.1. The molecule has 116 valence electrons. The van der Waals surface area contributed by atoms with Gasteiger partial charge in [0.2, 0.25) is 0 Å². The van der Waals surface area contributed by atoms with Crippen molar-refractivity contribution < 1.29 is 19.0 Å². The standard InChI is InChI=1S/C15H21FN2O3/c1-21-14-7-6-11(16)8-10(14)9-17-15(20)18-12-4-2-3-5-13(12)19/h6-8,12-13,19H,2-5,9H2,1H3,(H2,17,18,20)/t12-,13-/m0/s1. The first-order valence-corrected chi connectivity index (χ1v) is 7.15. The van der Waals surface area contributed by atoms with Gasteiger partial charge in [-0.05, 0) is 31.0 Å². The Morgan fingerprint density at radius 1 is 1.43 bits per heavy atom. The fourth-order valence-corrected chi connectivity index (χ4v) is 2.56. The summed E-state index contributed by atoms with van der Waals surface area (Å²) in [5.41, 5.74) is 0.567. The minimum absolute atomic E-state index is 0.162. The van der Waals surface area contributed by atoms with Crippen molar-refractivity contribution in [3.05, 3.63) is 29.6 Å². The van der Waals surface area contributed by atoms with E-state index in [2.05, 4.69) is 10.6 Å². The quantitative estimate of drug-likeness (QED) is 0.795. The van der Waals surface area contributed by atoms with Crippen molar-refractivity contribution in [3.8, 4) is 5.75 Å². The van der Waals surface area contributed by atoms with Crippen LogP contribution in [0, 0.1) is 5.82 Å². The second-order valence-electron chi connectivity index (χ2n) is 5.24. The molecule has 1 saturated carbocycles. The normalized spacial score (nSPS) is 21.7. The fraction of sp³-hybridized carbons (Fsp3) is 0.533. The lowest BCUT2D eigenvalue weighted by Gasteiger charge is -2.28. The topological polar surface area (TPSA) is 70.6 Å². The lowest BCUT2D eigenvalue weighted by molar-refractivity contribution is 0.0943. The van der Waals surface area contributed by atoms with E-state index >= 15 is 0 Å². The van der Waals surface area contributed by atoms with Crippen LogP contribution in [0.15, 0.2) is 18.2 Å². The number of aliphatic hydroxyl groups excluding tert-OH is 1. The number of amides is 2. The number of halogens is 1. The minimum Gasteiger partial charge on any atom is -0.496 e. The summed E-state index contributed by atoms with van der Waals surface area (Å²) in [6, 6.07) is 3.57. The van der Waals surface area contributed by atoms with E-state index in [4.69, 9.17) is 4.74 Å². The Balaban J connectivity index is 1.87. The van der Waals surface area contributed by atoms with E-state index in [1.807, 2.05) is 0 Å². The van der Waals surface area contributed by atoms with Crippen LogP contribution in [0.1, 0.15) is 31.2 Å². The Labute approximate surface area is 123 Å². The number of aliphatic hydroxyl groups is 1. The monoisotopic (exact) mass is 296 g/mol. The van der Waals surface area contributed by atoms with Gasteiger partial charge in [0.15, 0.2) is 0 Å². The number of methoxy groups -OCH3 is 1. The predicted octanol–water partition coefficient (Wildman–Crippen LogP) is 1.94. The summed E-state index contributed by atoms with van der Waals surface area (Å²) in [4.78, 5) is 11.8. The molecule has 2 rings (SSSR count). The van der Waals surface area contributed by atoms with Crippen LogP contribution in [0.25, 0.3) is 0 Å². The van der Waals surface area contributed by atoms with E-state index in [1.54, 1.807) is 0 Å². The van der Waals surface area contributed by atoms with Crippen molar-refractivity contribution in [2.75, 3.05) is 7.11 Å². The number of hydrogen-bond acceptors (Lipinski definition) is 3. The molecule has 1 aromatic rings. The number of ether oxygens (including phenoxy) is 1. The molecule has 21 heavy (non-hydrogen) atoms.